The number of nitrogens with zero attached hydrogens (tertiary/aromatic N) is 1. The van der Waals surface area contributed by atoms with Crippen molar-refractivity contribution in [2.75, 3.05) is 7.11 Å². The molecule has 18 heavy (non-hydrogen) atoms. The van der Waals surface area contributed by atoms with Gasteiger partial charge < -0.3 is 14.9 Å². The van der Waals surface area contributed by atoms with E-state index in [9.17, 15) is 9.90 Å². The highest BCUT2D eigenvalue weighted by molar-refractivity contribution is 5.86. The van der Waals surface area contributed by atoms with E-state index in [1.807, 2.05) is 0 Å². The molecule has 1 heterocycles. The number of hydrogen-bond donors (Lipinski definition) is 2. The van der Waals surface area contributed by atoms with Crippen molar-refractivity contribution in [2.45, 2.75) is 0 Å². The minimum absolute atomic E-state index is 0.0162. The molecule has 0 amide bonds. The SMILES string of the molecule is COc1ccc(-c2cccc(C(=O)O)n2)cc1O. The second-order valence-corrected chi connectivity index (χ2v) is 3.60. The summed E-state index contributed by atoms with van der Waals surface area (Å²) in [5.74, 6) is -0.750. The van der Waals surface area contributed by atoms with E-state index < -0.39 is 5.97 Å². The first-order valence-electron chi connectivity index (χ1n) is 5.19. The number of carboxylic acid groups (broad SMARTS) is 1. The summed E-state index contributed by atoms with van der Waals surface area (Å²) < 4.78 is 4.93. The second kappa shape index (κ2) is 4.75. The van der Waals surface area contributed by atoms with Crippen LogP contribution in [0.5, 0.6) is 11.5 Å². The number of aromatic hydroxyl groups is 1. The number of pyridine rings is 1. The summed E-state index contributed by atoms with van der Waals surface area (Å²) in [5, 5.41) is 18.5. The molecule has 0 saturated carbocycles. The van der Waals surface area contributed by atoms with Gasteiger partial charge in [-0.1, -0.05) is 6.07 Å². The third kappa shape index (κ3) is 2.24. The number of methoxy groups -OCH3 is 1. The van der Waals surface area contributed by atoms with E-state index in [0.717, 1.165) is 0 Å². The zero-order valence-electron chi connectivity index (χ0n) is 9.62. The van der Waals surface area contributed by atoms with Gasteiger partial charge in [-0.2, -0.15) is 0 Å². The van der Waals surface area contributed by atoms with Crippen LogP contribution in [0.2, 0.25) is 0 Å². The van der Waals surface area contributed by atoms with Crippen LogP contribution in [0.15, 0.2) is 36.4 Å². The number of phenolic OH excluding ortho intramolecular Hbond substituents is 1. The first-order valence-corrected chi connectivity index (χ1v) is 5.19. The Labute approximate surface area is 103 Å². The van der Waals surface area contributed by atoms with E-state index in [2.05, 4.69) is 4.98 Å². The molecule has 0 aliphatic rings. The molecule has 0 bridgehead atoms. The van der Waals surface area contributed by atoms with Gasteiger partial charge in [0.05, 0.1) is 12.8 Å². The van der Waals surface area contributed by atoms with Gasteiger partial charge in [0.2, 0.25) is 0 Å². The van der Waals surface area contributed by atoms with Crippen LogP contribution < -0.4 is 4.74 Å². The second-order valence-electron chi connectivity index (χ2n) is 3.60. The molecule has 1 aromatic heterocycles. The zero-order valence-corrected chi connectivity index (χ0v) is 9.62. The molecule has 0 aliphatic heterocycles. The molecule has 2 aromatic rings. The van der Waals surface area contributed by atoms with Gasteiger partial charge >= 0.3 is 5.97 Å². The standard InChI is InChI=1S/C13H11NO4/c1-18-12-6-5-8(7-11(12)15)9-3-2-4-10(14-9)13(16)17/h2-7,15H,1H3,(H,16,17). The molecule has 0 unspecified atom stereocenters. The molecule has 2 N–H and O–H groups in total. The number of benzene rings is 1. The van der Waals surface area contributed by atoms with Gasteiger partial charge in [0, 0.05) is 5.56 Å². The number of carbonyl (C=O) groups is 1. The summed E-state index contributed by atoms with van der Waals surface area (Å²) in [4.78, 5) is 14.8. The number of hydrogen-bond acceptors (Lipinski definition) is 4. The van der Waals surface area contributed by atoms with Gasteiger partial charge in [0.25, 0.3) is 0 Å². The summed E-state index contributed by atoms with van der Waals surface area (Å²) in [6.45, 7) is 0. The summed E-state index contributed by atoms with van der Waals surface area (Å²) in [5.41, 5.74) is 1.06. The quantitative estimate of drug-likeness (QED) is 0.866. The highest BCUT2D eigenvalue weighted by atomic mass is 16.5. The van der Waals surface area contributed by atoms with E-state index >= 15 is 0 Å². The lowest BCUT2D eigenvalue weighted by atomic mass is 10.1. The Hall–Kier alpha value is -2.56. The Kier molecular flexibility index (Phi) is 3.14. The molecule has 5 nitrogen and oxygen atoms in total. The van der Waals surface area contributed by atoms with Gasteiger partial charge in [-0.25, -0.2) is 9.78 Å². The number of ether oxygens (including phenoxy) is 1. The number of phenols is 1. The Morgan fingerprint density at radius 3 is 2.67 bits per heavy atom. The average molecular weight is 245 g/mol. The summed E-state index contributed by atoms with van der Waals surface area (Å²) in [6.07, 6.45) is 0. The van der Waals surface area contributed by atoms with Gasteiger partial charge in [-0.15, -0.1) is 0 Å². The van der Waals surface area contributed by atoms with Crippen LogP contribution in [-0.4, -0.2) is 28.3 Å². The van der Waals surface area contributed by atoms with Crippen molar-refractivity contribution >= 4 is 5.97 Å². The fraction of sp³-hybridized carbons (Fsp3) is 0.0769. The molecule has 0 saturated heterocycles. The maximum Gasteiger partial charge on any atom is 0.354 e. The van der Waals surface area contributed by atoms with E-state index in [-0.39, 0.29) is 11.4 Å². The van der Waals surface area contributed by atoms with Crippen LogP contribution in [0.25, 0.3) is 11.3 Å². The molecular formula is C13H11NO4. The predicted molar refractivity (Wildman–Crippen MR) is 64.8 cm³/mol. The van der Waals surface area contributed by atoms with Crippen molar-refractivity contribution in [1.82, 2.24) is 4.98 Å². The molecule has 92 valence electrons. The lowest BCUT2D eigenvalue weighted by Crippen LogP contribution is -2.00. The maximum atomic E-state index is 10.8. The Balaban J connectivity index is 2.45. The van der Waals surface area contributed by atoms with E-state index in [0.29, 0.717) is 17.0 Å². The van der Waals surface area contributed by atoms with E-state index in [4.69, 9.17) is 9.84 Å². The highest BCUT2D eigenvalue weighted by Crippen LogP contribution is 2.30. The van der Waals surface area contributed by atoms with Crippen molar-refractivity contribution in [2.24, 2.45) is 0 Å². The largest absolute Gasteiger partial charge is 0.504 e. The lowest BCUT2D eigenvalue weighted by Gasteiger charge is -2.06. The Bertz CT molecular complexity index is 595. The predicted octanol–water partition coefficient (Wildman–Crippen LogP) is 2.16. The molecule has 5 heteroatoms. The van der Waals surface area contributed by atoms with Crippen LogP contribution in [-0.2, 0) is 0 Å². The molecule has 1 aromatic carbocycles. The van der Waals surface area contributed by atoms with Crippen molar-refractivity contribution < 1.29 is 19.7 Å². The van der Waals surface area contributed by atoms with Gasteiger partial charge in [0.15, 0.2) is 11.5 Å². The van der Waals surface area contributed by atoms with Gasteiger partial charge in [-0.3, -0.25) is 0 Å². The maximum absolute atomic E-state index is 10.8. The topological polar surface area (TPSA) is 79.7 Å². The zero-order chi connectivity index (χ0) is 13.1. The summed E-state index contributed by atoms with van der Waals surface area (Å²) in [7, 11) is 1.46. The van der Waals surface area contributed by atoms with Crippen molar-refractivity contribution in [3.8, 4) is 22.8 Å². The van der Waals surface area contributed by atoms with E-state index in [1.165, 1.54) is 19.2 Å². The third-order valence-electron chi connectivity index (χ3n) is 2.44. The average Bonchev–Trinajstić information content (AvgIpc) is 2.38. The summed E-state index contributed by atoms with van der Waals surface area (Å²) in [6, 6.07) is 9.47. The van der Waals surface area contributed by atoms with Crippen LogP contribution in [0.4, 0.5) is 0 Å². The van der Waals surface area contributed by atoms with Crippen LogP contribution in [0.1, 0.15) is 10.5 Å². The fourth-order valence-corrected chi connectivity index (χ4v) is 1.56. The van der Waals surface area contributed by atoms with Crippen LogP contribution in [0, 0.1) is 0 Å². The number of rotatable bonds is 3. The number of aromatic nitrogens is 1. The van der Waals surface area contributed by atoms with Crippen molar-refractivity contribution in [1.29, 1.82) is 0 Å². The smallest absolute Gasteiger partial charge is 0.354 e. The normalized spacial score (nSPS) is 10.1. The van der Waals surface area contributed by atoms with Crippen LogP contribution in [0.3, 0.4) is 0 Å². The van der Waals surface area contributed by atoms with Crippen LogP contribution >= 0.6 is 0 Å². The summed E-state index contributed by atoms with van der Waals surface area (Å²) >= 11 is 0. The van der Waals surface area contributed by atoms with Gasteiger partial charge in [-0.05, 0) is 30.3 Å². The Morgan fingerprint density at radius 2 is 2.06 bits per heavy atom. The first kappa shape index (κ1) is 11.9. The van der Waals surface area contributed by atoms with Crippen molar-refractivity contribution in [3.05, 3.63) is 42.1 Å². The third-order valence-corrected chi connectivity index (χ3v) is 2.44. The molecule has 0 aliphatic carbocycles. The Morgan fingerprint density at radius 1 is 1.28 bits per heavy atom. The molecule has 0 fully saturated rings. The first-order chi connectivity index (χ1) is 8.61. The number of carboxylic acids is 1. The lowest BCUT2D eigenvalue weighted by molar-refractivity contribution is 0.0690. The van der Waals surface area contributed by atoms with Crippen molar-refractivity contribution in [3.63, 3.8) is 0 Å². The molecule has 2 rings (SSSR count). The molecule has 0 radical (unpaired) electrons. The number of aromatic carboxylic acids is 1. The van der Waals surface area contributed by atoms with Gasteiger partial charge in [0.1, 0.15) is 5.69 Å². The minimum Gasteiger partial charge on any atom is -0.504 e. The highest BCUT2D eigenvalue weighted by Gasteiger charge is 2.08. The minimum atomic E-state index is -1.09. The monoisotopic (exact) mass is 245 g/mol. The fourth-order valence-electron chi connectivity index (χ4n) is 1.56. The molecule has 0 atom stereocenters. The van der Waals surface area contributed by atoms with E-state index in [1.54, 1.807) is 24.3 Å². The molecular weight excluding hydrogens is 234 g/mol. The molecule has 0 spiro atoms.